The maximum atomic E-state index is 12.4. The van der Waals surface area contributed by atoms with Gasteiger partial charge in [-0.05, 0) is 69.6 Å². The van der Waals surface area contributed by atoms with E-state index < -0.39 is 0 Å². The molecule has 23 heavy (non-hydrogen) atoms. The zero-order valence-corrected chi connectivity index (χ0v) is 14.3. The van der Waals surface area contributed by atoms with Crippen molar-refractivity contribution in [2.75, 3.05) is 32.7 Å². The highest BCUT2D eigenvalue weighted by Crippen LogP contribution is 2.26. The number of carbonyl (C=O) groups excluding carboxylic acids is 1. The molecule has 126 valence electrons. The first-order valence-electron chi connectivity index (χ1n) is 8.72. The highest BCUT2D eigenvalue weighted by atomic mass is 35.5. The number of hydrogen-bond donors (Lipinski definition) is 2. The molecule has 0 spiro atoms. The van der Waals surface area contributed by atoms with Crippen molar-refractivity contribution < 1.29 is 4.79 Å². The molecule has 2 aliphatic heterocycles. The van der Waals surface area contributed by atoms with Crippen molar-refractivity contribution in [3.63, 3.8) is 0 Å². The number of halogens is 1. The van der Waals surface area contributed by atoms with E-state index in [4.69, 9.17) is 11.6 Å². The van der Waals surface area contributed by atoms with Gasteiger partial charge in [-0.15, -0.1) is 0 Å². The summed E-state index contributed by atoms with van der Waals surface area (Å²) < 4.78 is 0. The summed E-state index contributed by atoms with van der Waals surface area (Å²) in [6.07, 6.45) is 4.38. The van der Waals surface area contributed by atoms with Gasteiger partial charge in [0.1, 0.15) is 0 Å². The number of amides is 1. The van der Waals surface area contributed by atoms with Gasteiger partial charge in [-0.2, -0.15) is 0 Å². The molecule has 2 heterocycles. The molecule has 0 aliphatic carbocycles. The molecule has 0 radical (unpaired) electrons. The number of hydrogen-bond acceptors (Lipinski definition) is 3. The second kappa shape index (κ2) is 8.13. The molecule has 5 heteroatoms. The van der Waals surface area contributed by atoms with Crippen LogP contribution in [0.25, 0.3) is 0 Å². The zero-order chi connectivity index (χ0) is 16.1. The average Bonchev–Trinajstić information content (AvgIpc) is 3.11. The van der Waals surface area contributed by atoms with Crippen LogP contribution in [0.3, 0.4) is 0 Å². The van der Waals surface area contributed by atoms with E-state index in [9.17, 15) is 4.79 Å². The second-order valence-electron chi connectivity index (χ2n) is 6.58. The van der Waals surface area contributed by atoms with Crippen LogP contribution in [0.5, 0.6) is 0 Å². The fraction of sp³-hybridized carbons (Fsp3) is 0.611. The van der Waals surface area contributed by atoms with E-state index in [1.807, 2.05) is 12.1 Å². The Hall–Kier alpha value is -1.10. The van der Waals surface area contributed by atoms with Gasteiger partial charge in [-0.3, -0.25) is 9.69 Å². The van der Waals surface area contributed by atoms with Gasteiger partial charge in [0.05, 0.1) is 6.04 Å². The number of carbonyl (C=O) groups is 1. The molecular formula is C18H26ClN3O. The van der Waals surface area contributed by atoms with Crippen LogP contribution in [0.15, 0.2) is 24.3 Å². The monoisotopic (exact) mass is 335 g/mol. The molecule has 1 atom stereocenters. The third-order valence-electron chi connectivity index (χ3n) is 5.02. The second-order valence-corrected chi connectivity index (χ2v) is 7.02. The first kappa shape index (κ1) is 16.7. The molecule has 0 saturated carbocycles. The van der Waals surface area contributed by atoms with Gasteiger partial charge in [0.15, 0.2) is 0 Å². The molecule has 1 aromatic carbocycles. The van der Waals surface area contributed by atoms with E-state index in [1.165, 1.54) is 18.4 Å². The maximum absolute atomic E-state index is 12.4. The van der Waals surface area contributed by atoms with E-state index >= 15 is 0 Å². The minimum Gasteiger partial charge on any atom is -0.354 e. The standard InChI is InChI=1S/C18H26ClN3O/c19-16-5-3-14(4-6-16)17(22-11-1-2-12-22)13-21-18(23)15-7-9-20-10-8-15/h3-6,15,17,20H,1-2,7-13H2,(H,21,23)/t17-/m0/s1. The number of nitrogens with zero attached hydrogens (tertiary/aromatic N) is 1. The fourth-order valence-corrected chi connectivity index (χ4v) is 3.75. The first-order valence-corrected chi connectivity index (χ1v) is 9.10. The number of likely N-dealkylation sites (tertiary alicyclic amines) is 1. The Morgan fingerprint density at radius 2 is 1.87 bits per heavy atom. The van der Waals surface area contributed by atoms with Crippen molar-refractivity contribution in [3.05, 3.63) is 34.9 Å². The van der Waals surface area contributed by atoms with E-state index in [-0.39, 0.29) is 17.9 Å². The molecule has 0 bridgehead atoms. The Morgan fingerprint density at radius 3 is 2.52 bits per heavy atom. The molecule has 2 N–H and O–H groups in total. The summed E-state index contributed by atoms with van der Waals surface area (Å²) in [6, 6.07) is 8.30. The number of piperidine rings is 1. The molecule has 0 aromatic heterocycles. The lowest BCUT2D eigenvalue weighted by Gasteiger charge is -2.29. The summed E-state index contributed by atoms with van der Waals surface area (Å²) in [6.45, 7) is 4.80. The lowest BCUT2D eigenvalue weighted by Crippen LogP contribution is -2.42. The van der Waals surface area contributed by atoms with Crippen LogP contribution in [-0.4, -0.2) is 43.5 Å². The Balaban J connectivity index is 1.63. The van der Waals surface area contributed by atoms with Crippen molar-refractivity contribution in [3.8, 4) is 0 Å². The lowest BCUT2D eigenvalue weighted by molar-refractivity contribution is -0.126. The van der Waals surface area contributed by atoms with Gasteiger partial charge in [-0.25, -0.2) is 0 Å². The average molecular weight is 336 g/mol. The minimum absolute atomic E-state index is 0.167. The van der Waals surface area contributed by atoms with E-state index in [0.29, 0.717) is 6.54 Å². The predicted molar refractivity (Wildman–Crippen MR) is 93.6 cm³/mol. The molecule has 2 saturated heterocycles. The van der Waals surface area contributed by atoms with Crippen LogP contribution in [0.2, 0.25) is 5.02 Å². The molecule has 2 fully saturated rings. The Bertz CT molecular complexity index is 508. The van der Waals surface area contributed by atoms with E-state index in [0.717, 1.165) is 44.0 Å². The highest BCUT2D eigenvalue weighted by Gasteiger charge is 2.26. The van der Waals surface area contributed by atoms with Crippen LogP contribution < -0.4 is 10.6 Å². The lowest BCUT2D eigenvalue weighted by atomic mass is 9.97. The summed E-state index contributed by atoms with van der Waals surface area (Å²) in [5.74, 6) is 0.380. The Morgan fingerprint density at radius 1 is 1.22 bits per heavy atom. The number of nitrogens with one attached hydrogen (secondary N) is 2. The van der Waals surface area contributed by atoms with Gasteiger partial charge < -0.3 is 10.6 Å². The van der Waals surface area contributed by atoms with Crippen LogP contribution in [0.1, 0.15) is 37.3 Å². The third kappa shape index (κ3) is 4.46. The predicted octanol–water partition coefficient (Wildman–Crippen LogP) is 2.59. The largest absolute Gasteiger partial charge is 0.354 e. The van der Waals surface area contributed by atoms with Crippen LogP contribution in [0, 0.1) is 5.92 Å². The van der Waals surface area contributed by atoms with Gasteiger partial charge >= 0.3 is 0 Å². The maximum Gasteiger partial charge on any atom is 0.223 e. The normalized spacial score (nSPS) is 21.3. The summed E-state index contributed by atoms with van der Waals surface area (Å²) in [7, 11) is 0. The summed E-state index contributed by atoms with van der Waals surface area (Å²) >= 11 is 6.02. The van der Waals surface area contributed by atoms with Gasteiger partial charge in [-0.1, -0.05) is 23.7 Å². The molecule has 4 nitrogen and oxygen atoms in total. The number of benzene rings is 1. The highest BCUT2D eigenvalue weighted by molar-refractivity contribution is 6.30. The van der Waals surface area contributed by atoms with E-state index in [1.54, 1.807) is 0 Å². The first-order chi connectivity index (χ1) is 11.2. The van der Waals surface area contributed by atoms with Crippen LogP contribution in [0.4, 0.5) is 0 Å². The van der Waals surface area contributed by atoms with Crippen LogP contribution in [-0.2, 0) is 4.79 Å². The molecule has 2 aliphatic rings. The van der Waals surface area contributed by atoms with Crippen molar-refractivity contribution in [2.45, 2.75) is 31.7 Å². The van der Waals surface area contributed by atoms with Crippen molar-refractivity contribution in [1.29, 1.82) is 0 Å². The molecule has 3 rings (SSSR count). The Labute approximate surface area is 143 Å². The summed E-state index contributed by atoms with van der Waals surface area (Å²) in [5, 5.41) is 7.27. The van der Waals surface area contributed by atoms with Gasteiger partial charge in [0, 0.05) is 17.5 Å². The van der Waals surface area contributed by atoms with Gasteiger partial charge in [0.25, 0.3) is 0 Å². The topological polar surface area (TPSA) is 44.4 Å². The quantitative estimate of drug-likeness (QED) is 0.869. The summed E-state index contributed by atoms with van der Waals surface area (Å²) in [5.41, 5.74) is 1.24. The molecule has 0 unspecified atom stereocenters. The molecule has 1 amide bonds. The van der Waals surface area contributed by atoms with Crippen molar-refractivity contribution in [2.24, 2.45) is 5.92 Å². The van der Waals surface area contributed by atoms with Crippen molar-refractivity contribution >= 4 is 17.5 Å². The number of rotatable bonds is 5. The third-order valence-corrected chi connectivity index (χ3v) is 5.27. The zero-order valence-electron chi connectivity index (χ0n) is 13.6. The van der Waals surface area contributed by atoms with Crippen LogP contribution >= 0.6 is 11.6 Å². The SMILES string of the molecule is O=C(NC[C@@H](c1ccc(Cl)cc1)N1CCCC1)C1CCNCC1. The van der Waals surface area contributed by atoms with Crippen molar-refractivity contribution in [1.82, 2.24) is 15.5 Å². The minimum atomic E-state index is 0.167. The molecular weight excluding hydrogens is 310 g/mol. The smallest absolute Gasteiger partial charge is 0.223 e. The molecule has 1 aromatic rings. The summed E-state index contributed by atoms with van der Waals surface area (Å²) in [4.78, 5) is 14.9. The fourth-order valence-electron chi connectivity index (χ4n) is 3.62. The van der Waals surface area contributed by atoms with E-state index in [2.05, 4.69) is 27.7 Å². The Kier molecular flexibility index (Phi) is 5.92. The van der Waals surface area contributed by atoms with Gasteiger partial charge in [0.2, 0.25) is 5.91 Å².